The fourth-order valence-corrected chi connectivity index (χ4v) is 4.57. The van der Waals surface area contributed by atoms with Gasteiger partial charge in [0.05, 0.1) is 18.9 Å². The number of hydrogen-bond donors (Lipinski definition) is 1. The summed E-state index contributed by atoms with van der Waals surface area (Å²) in [6.07, 6.45) is 6.74. The molecule has 3 fully saturated rings. The van der Waals surface area contributed by atoms with Gasteiger partial charge in [0.2, 0.25) is 15.9 Å². The molecule has 1 saturated carbocycles. The zero-order valence-electron chi connectivity index (χ0n) is 13.2. The number of carbonyl (C=O) groups excluding carboxylic acids is 1. The maximum Gasteiger partial charge on any atom is 0.220 e. The van der Waals surface area contributed by atoms with E-state index in [1.54, 1.807) is 4.31 Å². The van der Waals surface area contributed by atoms with Crippen LogP contribution in [0.25, 0.3) is 0 Å². The van der Waals surface area contributed by atoms with Crippen LogP contribution in [0.15, 0.2) is 0 Å². The average Bonchev–Trinajstić information content (AvgIpc) is 3.25. The molecule has 1 amide bonds. The minimum Gasteiger partial charge on any atom is -0.379 e. The fourth-order valence-electron chi connectivity index (χ4n) is 3.72. The number of piperidine rings is 1. The largest absolute Gasteiger partial charge is 0.379 e. The molecule has 3 rings (SSSR count). The molecule has 3 aliphatic rings. The summed E-state index contributed by atoms with van der Waals surface area (Å²) in [4.78, 5) is 12.1. The third kappa shape index (κ3) is 3.63. The predicted octanol–water partition coefficient (Wildman–Crippen LogP) is 0.733. The van der Waals surface area contributed by atoms with E-state index < -0.39 is 10.0 Å². The summed E-state index contributed by atoms with van der Waals surface area (Å²) in [6.45, 7) is 2.35. The first-order chi connectivity index (χ1) is 10.4. The molecule has 1 spiro atoms. The molecule has 0 bridgehead atoms. The van der Waals surface area contributed by atoms with Crippen LogP contribution >= 0.6 is 0 Å². The Balaban J connectivity index is 1.63. The lowest BCUT2D eigenvalue weighted by molar-refractivity contribution is -0.126. The molecule has 2 heterocycles. The SMILES string of the molecule is CS(=O)(=O)N1CCC2(CCOCC2NC(=O)CC2CC2)CC1. The lowest BCUT2D eigenvalue weighted by atomic mass is 9.69. The van der Waals surface area contributed by atoms with Gasteiger partial charge < -0.3 is 10.1 Å². The van der Waals surface area contributed by atoms with Crippen molar-refractivity contribution in [2.75, 3.05) is 32.6 Å². The van der Waals surface area contributed by atoms with E-state index >= 15 is 0 Å². The molecule has 1 unspecified atom stereocenters. The summed E-state index contributed by atoms with van der Waals surface area (Å²) in [6, 6.07) is 0.0224. The molecule has 1 atom stereocenters. The smallest absolute Gasteiger partial charge is 0.220 e. The Bertz CT molecular complexity index is 522. The first-order valence-corrected chi connectivity index (χ1v) is 10.1. The number of nitrogens with zero attached hydrogens (tertiary/aromatic N) is 1. The summed E-state index contributed by atoms with van der Waals surface area (Å²) in [5.74, 6) is 0.704. The summed E-state index contributed by atoms with van der Waals surface area (Å²) in [5.41, 5.74) is -0.00134. The second-order valence-corrected chi connectivity index (χ2v) is 9.10. The molecule has 6 nitrogen and oxygen atoms in total. The zero-order valence-corrected chi connectivity index (χ0v) is 14.0. The summed E-state index contributed by atoms with van der Waals surface area (Å²) >= 11 is 0. The quantitative estimate of drug-likeness (QED) is 0.825. The fraction of sp³-hybridized carbons (Fsp3) is 0.933. The highest BCUT2D eigenvalue weighted by Gasteiger charge is 2.45. The Morgan fingerprint density at radius 2 is 1.95 bits per heavy atom. The van der Waals surface area contributed by atoms with Crippen LogP contribution in [0.1, 0.15) is 38.5 Å². The standard InChI is InChI=1S/C15H26N2O4S/c1-22(19,20)17-7-4-15(5-8-17)6-9-21-11-13(15)16-14(18)10-12-2-3-12/h12-13H,2-11H2,1H3,(H,16,18). The molecule has 126 valence electrons. The topological polar surface area (TPSA) is 75.7 Å². The van der Waals surface area contributed by atoms with Gasteiger partial charge in [-0.2, -0.15) is 0 Å². The second-order valence-electron chi connectivity index (χ2n) is 7.12. The van der Waals surface area contributed by atoms with Gasteiger partial charge in [-0.15, -0.1) is 0 Å². The van der Waals surface area contributed by atoms with E-state index in [2.05, 4.69) is 5.32 Å². The number of carbonyl (C=O) groups is 1. The van der Waals surface area contributed by atoms with Gasteiger partial charge in [0.15, 0.2) is 0 Å². The highest BCUT2D eigenvalue weighted by Crippen LogP contribution is 2.41. The molecule has 0 aromatic carbocycles. The first-order valence-electron chi connectivity index (χ1n) is 8.21. The normalized spacial score (nSPS) is 29.4. The molecule has 2 aliphatic heterocycles. The lowest BCUT2D eigenvalue weighted by Crippen LogP contribution is -2.58. The number of hydrogen-bond acceptors (Lipinski definition) is 4. The third-order valence-electron chi connectivity index (χ3n) is 5.46. The van der Waals surface area contributed by atoms with Crippen LogP contribution in [-0.4, -0.2) is 57.2 Å². The number of ether oxygens (including phenoxy) is 1. The van der Waals surface area contributed by atoms with Gasteiger partial charge in [0, 0.05) is 26.1 Å². The molecular formula is C15H26N2O4S. The molecule has 0 radical (unpaired) electrons. The molecule has 1 aliphatic carbocycles. The van der Waals surface area contributed by atoms with Gasteiger partial charge >= 0.3 is 0 Å². The molecule has 22 heavy (non-hydrogen) atoms. The third-order valence-corrected chi connectivity index (χ3v) is 6.76. The monoisotopic (exact) mass is 330 g/mol. The van der Waals surface area contributed by atoms with Gasteiger partial charge in [-0.1, -0.05) is 0 Å². The van der Waals surface area contributed by atoms with Crippen LogP contribution in [0, 0.1) is 11.3 Å². The van der Waals surface area contributed by atoms with Gasteiger partial charge in [-0.3, -0.25) is 4.79 Å². The van der Waals surface area contributed by atoms with Crippen LogP contribution in [0.5, 0.6) is 0 Å². The minimum absolute atomic E-state index is 0.00134. The van der Waals surface area contributed by atoms with Crippen molar-refractivity contribution in [1.29, 1.82) is 0 Å². The number of amides is 1. The van der Waals surface area contributed by atoms with Gasteiger partial charge in [0.25, 0.3) is 0 Å². The molecule has 7 heteroatoms. The minimum atomic E-state index is -3.11. The van der Waals surface area contributed by atoms with Crippen molar-refractivity contribution in [2.24, 2.45) is 11.3 Å². The van der Waals surface area contributed by atoms with Crippen LogP contribution < -0.4 is 5.32 Å². The van der Waals surface area contributed by atoms with Crippen molar-refractivity contribution >= 4 is 15.9 Å². The number of rotatable bonds is 4. The Labute approximate surface area is 132 Å². The van der Waals surface area contributed by atoms with E-state index in [0.29, 0.717) is 38.6 Å². The molecule has 0 aromatic heterocycles. The zero-order chi connectivity index (χ0) is 15.8. The Morgan fingerprint density at radius 3 is 2.55 bits per heavy atom. The van der Waals surface area contributed by atoms with Crippen molar-refractivity contribution in [2.45, 2.75) is 44.6 Å². The van der Waals surface area contributed by atoms with Crippen molar-refractivity contribution in [3.8, 4) is 0 Å². The van der Waals surface area contributed by atoms with Gasteiger partial charge in [0.1, 0.15) is 0 Å². The van der Waals surface area contributed by atoms with Crippen LogP contribution in [-0.2, 0) is 19.6 Å². The van der Waals surface area contributed by atoms with Crippen LogP contribution in [0.4, 0.5) is 0 Å². The summed E-state index contributed by atoms with van der Waals surface area (Å²) in [5, 5.41) is 3.17. The van der Waals surface area contributed by atoms with Crippen LogP contribution in [0.3, 0.4) is 0 Å². The van der Waals surface area contributed by atoms with E-state index in [-0.39, 0.29) is 17.4 Å². The van der Waals surface area contributed by atoms with E-state index in [9.17, 15) is 13.2 Å². The lowest BCUT2D eigenvalue weighted by Gasteiger charge is -2.48. The summed E-state index contributed by atoms with van der Waals surface area (Å²) in [7, 11) is -3.11. The van der Waals surface area contributed by atoms with E-state index in [1.165, 1.54) is 19.1 Å². The molecular weight excluding hydrogens is 304 g/mol. The van der Waals surface area contributed by atoms with E-state index in [1.807, 2.05) is 0 Å². The van der Waals surface area contributed by atoms with Crippen molar-refractivity contribution in [1.82, 2.24) is 9.62 Å². The van der Waals surface area contributed by atoms with Crippen LogP contribution in [0.2, 0.25) is 0 Å². The maximum absolute atomic E-state index is 12.1. The first kappa shape index (κ1) is 16.2. The molecule has 1 N–H and O–H groups in total. The Hall–Kier alpha value is -0.660. The number of sulfonamides is 1. The highest BCUT2D eigenvalue weighted by molar-refractivity contribution is 7.88. The van der Waals surface area contributed by atoms with Gasteiger partial charge in [-0.25, -0.2) is 12.7 Å². The predicted molar refractivity (Wildman–Crippen MR) is 82.8 cm³/mol. The maximum atomic E-state index is 12.1. The average molecular weight is 330 g/mol. The molecule has 0 aromatic rings. The molecule has 2 saturated heterocycles. The summed E-state index contributed by atoms with van der Waals surface area (Å²) < 4.78 is 30.5. The second kappa shape index (κ2) is 6.09. The van der Waals surface area contributed by atoms with Crippen molar-refractivity contribution in [3.63, 3.8) is 0 Å². The van der Waals surface area contributed by atoms with E-state index in [4.69, 9.17) is 4.74 Å². The van der Waals surface area contributed by atoms with Crippen molar-refractivity contribution in [3.05, 3.63) is 0 Å². The van der Waals surface area contributed by atoms with E-state index in [0.717, 1.165) is 19.3 Å². The van der Waals surface area contributed by atoms with Crippen molar-refractivity contribution < 1.29 is 17.9 Å². The Morgan fingerprint density at radius 1 is 1.27 bits per heavy atom. The highest BCUT2D eigenvalue weighted by atomic mass is 32.2. The van der Waals surface area contributed by atoms with Gasteiger partial charge in [-0.05, 0) is 43.4 Å². The number of nitrogens with one attached hydrogen (secondary N) is 1. The Kier molecular flexibility index (Phi) is 4.49.